The molecule has 0 aliphatic rings. The van der Waals surface area contributed by atoms with Gasteiger partial charge in [-0.15, -0.1) is 0 Å². The summed E-state index contributed by atoms with van der Waals surface area (Å²) in [6.45, 7) is 6.58. The maximum Gasteiger partial charge on any atom is 0.139 e. The van der Waals surface area contributed by atoms with Crippen LogP contribution in [0, 0.1) is 11.7 Å². The summed E-state index contributed by atoms with van der Waals surface area (Å²) in [5, 5.41) is 3.33. The van der Waals surface area contributed by atoms with Crippen molar-refractivity contribution in [3.63, 3.8) is 0 Å². The first-order valence-electron chi connectivity index (χ1n) is 6.41. The number of benzene rings is 1. The number of hydrogen-bond acceptors (Lipinski definition) is 2. The smallest absolute Gasteiger partial charge is 0.139 e. The van der Waals surface area contributed by atoms with Crippen molar-refractivity contribution in [2.45, 2.75) is 46.1 Å². The van der Waals surface area contributed by atoms with Gasteiger partial charge in [0.15, 0.2) is 0 Å². The van der Waals surface area contributed by atoms with Crippen LogP contribution in [0.3, 0.4) is 0 Å². The average Bonchev–Trinajstić information content (AvgIpc) is 2.25. The molecule has 0 aromatic heterocycles. The van der Waals surface area contributed by atoms with Crippen LogP contribution in [0.2, 0.25) is 0 Å². The van der Waals surface area contributed by atoms with Crippen LogP contribution < -0.4 is 11.1 Å². The minimum atomic E-state index is -0.328. The molecule has 4 heteroatoms. The van der Waals surface area contributed by atoms with Gasteiger partial charge in [0.05, 0.1) is 15.8 Å². The zero-order chi connectivity index (χ0) is 13.7. The molecule has 18 heavy (non-hydrogen) atoms. The molecular weight excluding hydrogens is 295 g/mol. The Balaban J connectivity index is 2.54. The summed E-state index contributed by atoms with van der Waals surface area (Å²) in [5.74, 6) is 0.410. The highest BCUT2D eigenvalue weighted by Crippen LogP contribution is 2.27. The summed E-state index contributed by atoms with van der Waals surface area (Å²) in [4.78, 5) is 0. The van der Waals surface area contributed by atoms with Gasteiger partial charge in [-0.3, -0.25) is 0 Å². The molecule has 3 N–H and O–H groups in total. The lowest BCUT2D eigenvalue weighted by atomic mass is 10.0. The normalized spacial score (nSPS) is 12.8. The van der Waals surface area contributed by atoms with Crippen molar-refractivity contribution in [1.82, 2.24) is 0 Å². The first-order chi connectivity index (χ1) is 8.40. The van der Waals surface area contributed by atoms with Gasteiger partial charge in [-0.05, 0) is 41.3 Å². The molecule has 2 nitrogen and oxygen atoms in total. The van der Waals surface area contributed by atoms with Crippen LogP contribution >= 0.6 is 15.9 Å². The van der Waals surface area contributed by atoms with Crippen molar-refractivity contribution in [3.05, 3.63) is 22.4 Å². The first kappa shape index (κ1) is 15.3. The molecule has 0 fully saturated rings. The van der Waals surface area contributed by atoms with Crippen LogP contribution in [0.25, 0.3) is 0 Å². The zero-order valence-corrected chi connectivity index (χ0v) is 12.8. The summed E-state index contributed by atoms with van der Waals surface area (Å²) in [6.07, 6.45) is 3.51. The summed E-state index contributed by atoms with van der Waals surface area (Å²) in [6, 6.07) is 3.38. The third kappa shape index (κ3) is 4.84. The maximum atomic E-state index is 13.2. The lowest BCUT2D eigenvalue weighted by Crippen LogP contribution is -2.16. The van der Waals surface area contributed by atoms with E-state index < -0.39 is 0 Å². The molecular formula is C14H22BrFN2. The molecule has 102 valence electrons. The molecule has 0 radical (unpaired) electrons. The van der Waals surface area contributed by atoms with E-state index in [2.05, 4.69) is 42.0 Å². The number of nitrogen functional groups attached to an aromatic ring is 1. The Hall–Kier alpha value is -0.770. The average molecular weight is 317 g/mol. The van der Waals surface area contributed by atoms with Gasteiger partial charge in [0.2, 0.25) is 0 Å². The molecule has 1 aromatic rings. The minimum Gasteiger partial charge on any atom is -0.397 e. The zero-order valence-electron chi connectivity index (χ0n) is 11.3. The van der Waals surface area contributed by atoms with Crippen molar-refractivity contribution in [2.24, 2.45) is 5.92 Å². The number of hydrogen-bond donors (Lipinski definition) is 2. The number of rotatable bonds is 6. The third-order valence-electron chi connectivity index (χ3n) is 2.91. The lowest BCUT2D eigenvalue weighted by molar-refractivity contribution is 0.520. The molecule has 1 aromatic carbocycles. The highest BCUT2D eigenvalue weighted by Gasteiger charge is 2.09. The Morgan fingerprint density at radius 2 is 1.94 bits per heavy atom. The van der Waals surface area contributed by atoms with Crippen molar-refractivity contribution in [1.29, 1.82) is 0 Å². The van der Waals surface area contributed by atoms with Gasteiger partial charge in [-0.1, -0.05) is 26.7 Å². The van der Waals surface area contributed by atoms with E-state index in [1.165, 1.54) is 18.9 Å². The van der Waals surface area contributed by atoms with Crippen LogP contribution in [0.4, 0.5) is 15.8 Å². The molecule has 0 heterocycles. The largest absolute Gasteiger partial charge is 0.397 e. The van der Waals surface area contributed by atoms with E-state index in [9.17, 15) is 4.39 Å². The number of nitrogens with one attached hydrogen (secondary N) is 1. The minimum absolute atomic E-state index is 0.328. The topological polar surface area (TPSA) is 38.0 Å². The standard InChI is InChI=1S/C14H22BrFN2/c1-9(2)5-4-6-10(3)18-14-7-11(15)12(16)8-13(14)17/h7-10,18H,4-6,17H2,1-3H3. The second-order valence-corrected chi connectivity index (χ2v) is 6.08. The summed E-state index contributed by atoms with van der Waals surface area (Å²) < 4.78 is 13.7. The second-order valence-electron chi connectivity index (χ2n) is 5.22. The van der Waals surface area contributed by atoms with Crippen LogP contribution in [0.1, 0.15) is 40.0 Å². The summed E-state index contributed by atoms with van der Waals surface area (Å²) in [7, 11) is 0. The number of anilines is 2. The van der Waals surface area contributed by atoms with E-state index in [-0.39, 0.29) is 5.82 Å². The van der Waals surface area contributed by atoms with E-state index in [0.717, 1.165) is 18.0 Å². The molecule has 0 bridgehead atoms. The van der Waals surface area contributed by atoms with E-state index in [4.69, 9.17) is 5.73 Å². The molecule has 0 spiro atoms. The third-order valence-corrected chi connectivity index (χ3v) is 3.52. The second kappa shape index (κ2) is 6.98. The van der Waals surface area contributed by atoms with Crippen molar-refractivity contribution >= 4 is 27.3 Å². The molecule has 0 saturated carbocycles. The highest BCUT2D eigenvalue weighted by molar-refractivity contribution is 9.10. The van der Waals surface area contributed by atoms with Crippen molar-refractivity contribution < 1.29 is 4.39 Å². The molecule has 0 aliphatic heterocycles. The Kier molecular flexibility index (Phi) is 5.93. The first-order valence-corrected chi connectivity index (χ1v) is 7.20. The fraction of sp³-hybridized carbons (Fsp3) is 0.571. The van der Waals surface area contributed by atoms with Gasteiger partial charge < -0.3 is 11.1 Å². The fourth-order valence-electron chi connectivity index (χ4n) is 1.86. The fourth-order valence-corrected chi connectivity index (χ4v) is 2.20. The molecule has 0 amide bonds. The van der Waals surface area contributed by atoms with Crippen LogP contribution in [0.15, 0.2) is 16.6 Å². The summed E-state index contributed by atoms with van der Waals surface area (Å²) >= 11 is 3.17. The van der Waals surface area contributed by atoms with Gasteiger partial charge in [-0.25, -0.2) is 4.39 Å². The molecule has 1 rings (SSSR count). The predicted molar refractivity (Wildman–Crippen MR) is 80.3 cm³/mol. The van der Waals surface area contributed by atoms with E-state index in [1.54, 1.807) is 6.07 Å². The lowest BCUT2D eigenvalue weighted by Gasteiger charge is -2.17. The molecule has 1 unspecified atom stereocenters. The van der Waals surface area contributed by atoms with Crippen molar-refractivity contribution in [2.75, 3.05) is 11.1 Å². The molecule has 0 saturated heterocycles. The van der Waals surface area contributed by atoms with Crippen LogP contribution in [-0.4, -0.2) is 6.04 Å². The van der Waals surface area contributed by atoms with Gasteiger partial charge in [0.1, 0.15) is 5.82 Å². The maximum absolute atomic E-state index is 13.2. The van der Waals surface area contributed by atoms with Gasteiger partial charge in [0.25, 0.3) is 0 Å². The van der Waals surface area contributed by atoms with Crippen molar-refractivity contribution in [3.8, 4) is 0 Å². The quantitative estimate of drug-likeness (QED) is 0.740. The molecule has 0 aliphatic carbocycles. The van der Waals surface area contributed by atoms with E-state index in [0.29, 0.717) is 16.2 Å². The number of halogens is 2. The van der Waals surface area contributed by atoms with E-state index >= 15 is 0 Å². The Morgan fingerprint density at radius 3 is 2.56 bits per heavy atom. The Bertz CT molecular complexity index is 394. The SMILES string of the molecule is CC(C)CCCC(C)Nc1cc(Br)c(F)cc1N. The van der Waals surface area contributed by atoms with E-state index in [1.807, 2.05) is 0 Å². The Morgan fingerprint density at radius 1 is 1.28 bits per heavy atom. The highest BCUT2D eigenvalue weighted by atomic mass is 79.9. The predicted octanol–water partition coefficient (Wildman–Crippen LogP) is 4.80. The monoisotopic (exact) mass is 316 g/mol. The molecule has 1 atom stereocenters. The van der Waals surface area contributed by atoms with Gasteiger partial charge in [-0.2, -0.15) is 0 Å². The van der Waals surface area contributed by atoms with Gasteiger partial charge >= 0.3 is 0 Å². The number of nitrogens with two attached hydrogens (primary N) is 1. The summed E-state index contributed by atoms with van der Waals surface area (Å²) in [5.41, 5.74) is 7.03. The van der Waals surface area contributed by atoms with Crippen LogP contribution in [0.5, 0.6) is 0 Å². The van der Waals surface area contributed by atoms with Crippen LogP contribution in [-0.2, 0) is 0 Å². The Labute approximate surface area is 117 Å². The van der Waals surface area contributed by atoms with Gasteiger partial charge in [0, 0.05) is 12.1 Å².